The Labute approximate surface area is 164 Å². The van der Waals surface area contributed by atoms with E-state index in [0.29, 0.717) is 17.6 Å². The van der Waals surface area contributed by atoms with Crippen LogP contribution in [0.1, 0.15) is 12.8 Å². The number of fused-ring (bicyclic) bond motifs is 2. The number of carbonyl (C=O) groups is 1. The van der Waals surface area contributed by atoms with Crippen LogP contribution >= 0.6 is 11.8 Å². The first-order valence-corrected chi connectivity index (χ1v) is 11.0. The van der Waals surface area contributed by atoms with Crippen molar-refractivity contribution in [2.75, 3.05) is 37.1 Å². The zero-order valence-electron chi connectivity index (χ0n) is 16.2. The van der Waals surface area contributed by atoms with E-state index >= 15 is 0 Å². The lowest BCUT2D eigenvalue weighted by Gasteiger charge is -2.37. The van der Waals surface area contributed by atoms with Crippen molar-refractivity contribution in [3.05, 3.63) is 24.5 Å². The maximum atomic E-state index is 12.1. The van der Waals surface area contributed by atoms with Crippen LogP contribution in [0.4, 0.5) is 5.69 Å². The van der Waals surface area contributed by atoms with Gasteiger partial charge in [0.15, 0.2) is 0 Å². The van der Waals surface area contributed by atoms with Crippen LogP contribution in [-0.2, 0) is 16.6 Å². The molecule has 1 aliphatic carbocycles. The Balaban J connectivity index is 1.51. The lowest BCUT2D eigenvalue weighted by atomic mass is 9.77. The van der Waals surface area contributed by atoms with E-state index in [1.54, 1.807) is 18.9 Å². The summed E-state index contributed by atoms with van der Waals surface area (Å²) in [5, 5.41) is 4.42. The zero-order chi connectivity index (χ0) is 19.0. The van der Waals surface area contributed by atoms with Gasteiger partial charge >= 0.3 is 0 Å². The van der Waals surface area contributed by atoms with Gasteiger partial charge in [-0.1, -0.05) is 0 Å². The van der Waals surface area contributed by atoms with Gasteiger partial charge in [0.1, 0.15) is 5.65 Å². The summed E-state index contributed by atoms with van der Waals surface area (Å²) >= 11 is 1.56. The summed E-state index contributed by atoms with van der Waals surface area (Å²) in [4.78, 5) is 19.1. The van der Waals surface area contributed by atoms with Crippen LogP contribution in [0.25, 0.3) is 11.0 Å². The Morgan fingerprint density at radius 3 is 2.85 bits per heavy atom. The number of hydrogen-bond donors (Lipinski definition) is 1. The average Bonchev–Trinajstić information content (AvgIpc) is 3.24. The van der Waals surface area contributed by atoms with Gasteiger partial charge in [0.05, 0.1) is 17.9 Å². The monoisotopic (exact) mass is 388 g/mol. The molecule has 0 radical (unpaired) electrons. The van der Waals surface area contributed by atoms with E-state index in [0.717, 1.165) is 31.6 Å². The molecular formula is C20H28N4O2S. The third-order valence-electron chi connectivity index (χ3n) is 6.13. The molecule has 1 saturated carbocycles. The lowest BCUT2D eigenvalue weighted by Crippen LogP contribution is -2.50. The van der Waals surface area contributed by atoms with E-state index in [1.807, 2.05) is 19.5 Å². The third kappa shape index (κ3) is 3.55. The number of anilines is 1. The Morgan fingerprint density at radius 2 is 2.11 bits per heavy atom. The molecule has 1 aliphatic heterocycles. The van der Waals surface area contributed by atoms with Crippen molar-refractivity contribution in [2.24, 2.45) is 18.9 Å². The number of amides is 1. The second kappa shape index (κ2) is 7.72. The predicted octanol–water partition coefficient (Wildman–Crippen LogP) is 2.28. The molecule has 0 aromatic carbocycles. The molecule has 6 nitrogen and oxygen atoms in total. The third-order valence-corrected chi connectivity index (χ3v) is 6.68. The zero-order valence-corrected chi connectivity index (χ0v) is 17.0. The normalized spacial score (nSPS) is 27.7. The fraction of sp³-hybridized carbons (Fsp3) is 0.600. The van der Waals surface area contributed by atoms with E-state index in [1.165, 1.54) is 11.1 Å². The molecule has 1 saturated heterocycles. The number of carbonyl (C=O) groups excluding carboxylic acids is 1. The number of aromatic nitrogens is 2. The van der Waals surface area contributed by atoms with E-state index in [4.69, 9.17) is 4.74 Å². The summed E-state index contributed by atoms with van der Waals surface area (Å²) in [5.41, 5.74) is 2.30. The molecule has 2 aromatic rings. The summed E-state index contributed by atoms with van der Waals surface area (Å²) < 4.78 is 7.82. The van der Waals surface area contributed by atoms with Crippen molar-refractivity contribution < 1.29 is 9.53 Å². The van der Waals surface area contributed by atoms with Gasteiger partial charge in [0.2, 0.25) is 5.91 Å². The molecule has 2 fully saturated rings. The number of hydrogen-bond acceptors (Lipinski definition) is 5. The topological polar surface area (TPSA) is 59.4 Å². The summed E-state index contributed by atoms with van der Waals surface area (Å²) in [7, 11) is 3.80. The van der Waals surface area contributed by atoms with Crippen molar-refractivity contribution in [1.29, 1.82) is 0 Å². The van der Waals surface area contributed by atoms with Gasteiger partial charge in [-0.05, 0) is 43.1 Å². The van der Waals surface area contributed by atoms with E-state index in [-0.39, 0.29) is 18.1 Å². The fourth-order valence-corrected chi connectivity index (χ4v) is 5.17. The summed E-state index contributed by atoms with van der Waals surface area (Å²) in [6, 6.07) is 4.40. The number of methoxy groups -OCH3 is 1. The SMILES string of the molecule is CO[C@H]1C[C@@H]2CN(c3ccnc4c3ccn4C)C[C@@H]2C[C@@H]1NC(=O)CSC. The van der Waals surface area contributed by atoms with Crippen molar-refractivity contribution in [2.45, 2.75) is 25.0 Å². The van der Waals surface area contributed by atoms with Gasteiger partial charge in [-0.2, -0.15) is 11.8 Å². The number of rotatable bonds is 5. The van der Waals surface area contributed by atoms with Crippen LogP contribution in [0, 0.1) is 11.8 Å². The summed E-state index contributed by atoms with van der Waals surface area (Å²) in [6.45, 7) is 2.08. The summed E-state index contributed by atoms with van der Waals surface area (Å²) in [6.07, 6.45) is 8.03. The van der Waals surface area contributed by atoms with E-state index < -0.39 is 0 Å². The van der Waals surface area contributed by atoms with Crippen LogP contribution in [0.3, 0.4) is 0 Å². The number of ether oxygens (including phenoxy) is 1. The largest absolute Gasteiger partial charge is 0.379 e. The highest BCUT2D eigenvalue weighted by molar-refractivity contribution is 7.99. The molecule has 2 aromatic heterocycles. The number of aryl methyl sites for hydroxylation is 1. The molecule has 146 valence electrons. The molecule has 4 rings (SSSR count). The molecule has 27 heavy (non-hydrogen) atoms. The first kappa shape index (κ1) is 18.6. The molecule has 0 spiro atoms. The predicted molar refractivity (Wildman–Crippen MR) is 110 cm³/mol. The average molecular weight is 389 g/mol. The molecule has 1 N–H and O–H groups in total. The molecule has 1 amide bonds. The number of thioether (sulfide) groups is 1. The first-order valence-electron chi connectivity index (χ1n) is 9.56. The molecular weight excluding hydrogens is 360 g/mol. The molecule has 4 atom stereocenters. The minimum Gasteiger partial charge on any atom is -0.379 e. The van der Waals surface area contributed by atoms with Crippen molar-refractivity contribution in [1.82, 2.24) is 14.9 Å². The first-order chi connectivity index (χ1) is 13.1. The van der Waals surface area contributed by atoms with Crippen LogP contribution in [0.15, 0.2) is 24.5 Å². The second-order valence-electron chi connectivity index (χ2n) is 7.77. The molecule has 2 aliphatic rings. The van der Waals surface area contributed by atoms with Gasteiger partial charge in [0, 0.05) is 50.7 Å². The minimum absolute atomic E-state index is 0.103. The van der Waals surface area contributed by atoms with Gasteiger partial charge in [-0.3, -0.25) is 4.79 Å². The highest BCUT2D eigenvalue weighted by Gasteiger charge is 2.43. The Morgan fingerprint density at radius 1 is 1.33 bits per heavy atom. The van der Waals surface area contributed by atoms with Crippen LogP contribution in [-0.4, -0.2) is 59.8 Å². The number of nitrogens with zero attached hydrogens (tertiary/aromatic N) is 3. The Bertz CT molecular complexity index is 823. The van der Waals surface area contributed by atoms with Crippen LogP contribution in [0.5, 0.6) is 0 Å². The van der Waals surface area contributed by atoms with Gasteiger partial charge in [-0.25, -0.2) is 4.98 Å². The van der Waals surface area contributed by atoms with Crippen LogP contribution in [0.2, 0.25) is 0 Å². The number of nitrogens with one attached hydrogen (secondary N) is 1. The van der Waals surface area contributed by atoms with E-state index in [9.17, 15) is 4.79 Å². The molecule has 0 bridgehead atoms. The standard InChI is InChI=1S/C20H28N4O2S/c1-23-7-5-15-17(4-6-21-20(15)23)24-10-13-8-16(22-19(25)12-27-3)18(26-2)9-14(13)11-24/h4-7,13-14,16,18H,8-12H2,1-3H3,(H,22,25)/t13-,14+,16-,18-/m0/s1. The highest BCUT2D eigenvalue weighted by atomic mass is 32.2. The minimum atomic E-state index is 0.103. The Kier molecular flexibility index (Phi) is 5.32. The molecule has 0 unspecified atom stereocenters. The van der Waals surface area contributed by atoms with E-state index in [2.05, 4.69) is 38.1 Å². The second-order valence-corrected chi connectivity index (χ2v) is 8.64. The van der Waals surface area contributed by atoms with Gasteiger partial charge < -0.3 is 19.5 Å². The maximum Gasteiger partial charge on any atom is 0.230 e. The van der Waals surface area contributed by atoms with Crippen molar-refractivity contribution in [3.8, 4) is 0 Å². The van der Waals surface area contributed by atoms with Crippen LogP contribution < -0.4 is 10.2 Å². The van der Waals surface area contributed by atoms with Crippen molar-refractivity contribution >= 4 is 34.4 Å². The molecule has 3 heterocycles. The quantitative estimate of drug-likeness (QED) is 0.852. The smallest absolute Gasteiger partial charge is 0.230 e. The van der Waals surface area contributed by atoms with Gasteiger partial charge in [0.25, 0.3) is 0 Å². The maximum absolute atomic E-state index is 12.1. The lowest BCUT2D eigenvalue weighted by molar-refractivity contribution is -0.121. The van der Waals surface area contributed by atoms with Gasteiger partial charge in [-0.15, -0.1) is 0 Å². The molecule has 7 heteroatoms. The van der Waals surface area contributed by atoms with Crippen molar-refractivity contribution in [3.63, 3.8) is 0 Å². The fourth-order valence-electron chi connectivity index (χ4n) is 4.83. The summed E-state index contributed by atoms with van der Waals surface area (Å²) in [5.74, 6) is 1.82. The Hall–Kier alpha value is -1.73. The highest BCUT2D eigenvalue weighted by Crippen LogP contribution is 2.40. The number of pyridine rings is 1.